The number of nitrogens with one attached hydrogen (secondary N) is 1. The van der Waals surface area contributed by atoms with Crippen molar-refractivity contribution in [3.63, 3.8) is 0 Å². The summed E-state index contributed by atoms with van der Waals surface area (Å²) in [6, 6.07) is 3.65. The molecule has 0 aromatic carbocycles. The van der Waals surface area contributed by atoms with Crippen molar-refractivity contribution in [2.45, 2.75) is 26.7 Å². The minimum Gasteiger partial charge on any atom is -0.466 e. The molecular formula is C14H15ClN2O2. The Hall–Kier alpha value is -1.81. The van der Waals surface area contributed by atoms with Crippen molar-refractivity contribution in [1.82, 2.24) is 4.98 Å². The lowest BCUT2D eigenvalue weighted by atomic mass is 10.1. The van der Waals surface area contributed by atoms with Crippen LogP contribution in [-0.2, 0) is 4.79 Å². The van der Waals surface area contributed by atoms with E-state index in [4.69, 9.17) is 16.0 Å². The van der Waals surface area contributed by atoms with Crippen molar-refractivity contribution < 1.29 is 9.21 Å². The monoisotopic (exact) mass is 278 g/mol. The molecule has 19 heavy (non-hydrogen) atoms. The highest BCUT2D eigenvalue weighted by molar-refractivity contribution is 6.31. The molecule has 4 nitrogen and oxygen atoms in total. The molecule has 0 aliphatic heterocycles. The molecule has 2 heterocycles. The van der Waals surface area contributed by atoms with Gasteiger partial charge in [0.15, 0.2) is 0 Å². The lowest BCUT2D eigenvalue weighted by Gasteiger charge is -2.12. The SMILES string of the molecule is Cc1ccc(C(C)C(=O)Nc2cncc(Cl)c2C)o1. The predicted octanol–water partition coefficient (Wildman–Crippen LogP) is 3.69. The fourth-order valence-corrected chi connectivity index (χ4v) is 1.84. The zero-order valence-corrected chi connectivity index (χ0v) is 11.8. The van der Waals surface area contributed by atoms with Crippen molar-refractivity contribution in [1.29, 1.82) is 0 Å². The highest BCUT2D eigenvalue weighted by atomic mass is 35.5. The number of halogens is 1. The number of pyridine rings is 1. The van der Waals surface area contributed by atoms with E-state index in [2.05, 4.69) is 10.3 Å². The number of anilines is 1. The van der Waals surface area contributed by atoms with Crippen LogP contribution in [0, 0.1) is 13.8 Å². The summed E-state index contributed by atoms with van der Waals surface area (Å²) in [4.78, 5) is 16.1. The molecule has 0 saturated heterocycles. The zero-order chi connectivity index (χ0) is 14.0. The third-order valence-corrected chi connectivity index (χ3v) is 3.37. The lowest BCUT2D eigenvalue weighted by Crippen LogP contribution is -2.19. The first-order valence-electron chi connectivity index (χ1n) is 5.96. The normalized spacial score (nSPS) is 12.2. The van der Waals surface area contributed by atoms with E-state index < -0.39 is 0 Å². The van der Waals surface area contributed by atoms with E-state index in [0.717, 1.165) is 11.3 Å². The van der Waals surface area contributed by atoms with Gasteiger partial charge in [0.1, 0.15) is 11.5 Å². The second-order valence-electron chi connectivity index (χ2n) is 4.45. The van der Waals surface area contributed by atoms with E-state index in [9.17, 15) is 4.79 Å². The standard InChI is InChI=1S/C14H15ClN2O2/c1-8-4-5-13(19-8)10(3)14(18)17-12-7-16-6-11(15)9(12)2/h4-7,10H,1-3H3,(H,17,18). The summed E-state index contributed by atoms with van der Waals surface area (Å²) >= 11 is 5.96. The maximum absolute atomic E-state index is 12.1. The zero-order valence-electron chi connectivity index (χ0n) is 11.0. The van der Waals surface area contributed by atoms with Crippen LogP contribution in [0.4, 0.5) is 5.69 Å². The number of carbonyl (C=O) groups is 1. The molecule has 1 N–H and O–H groups in total. The Kier molecular flexibility index (Phi) is 3.90. The van der Waals surface area contributed by atoms with Crippen LogP contribution in [0.15, 0.2) is 28.9 Å². The number of amides is 1. The fraction of sp³-hybridized carbons (Fsp3) is 0.286. The molecule has 0 spiro atoms. The molecule has 0 bridgehead atoms. The van der Waals surface area contributed by atoms with Crippen molar-refractivity contribution in [3.8, 4) is 0 Å². The third kappa shape index (κ3) is 2.96. The summed E-state index contributed by atoms with van der Waals surface area (Å²) in [5.74, 6) is 0.909. The van der Waals surface area contributed by atoms with Gasteiger partial charge in [0.05, 0.1) is 22.8 Å². The van der Waals surface area contributed by atoms with Gasteiger partial charge < -0.3 is 9.73 Å². The minimum atomic E-state index is -0.368. The van der Waals surface area contributed by atoms with Gasteiger partial charge in [-0.3, -0.25) is 9.78 Å². The highest BCUT2D eigenvalue weighted by Crippen LogP contribution is 2.24. The van der Waals surface area contributed by atoms with Crippen LogP contribution in [0.5, 0.6) is 0 Å². The largest absolute Gasteiger partial charge is 0.466 e. The number of carbonyl (C=O) groups excluding carboxylic acids is 1. The molecule has 2 rings (SSSR count). The highest BCUT2D eigenvalue weighted by Gasteiger charge is 2.19. The molecular weight excluding hydrogens is 264 g/mol. The second kappa shape index (κ2) is 5.45. The van der Waals surface area contributed by atoms with Crippen LogP contribution in [0.1, 0.15) is 29.9 Å². The predicted molar refractivity (Wildman–Crippen MR) is 74.5 cm³/mol. The molecule has 0 fully saturated rings. The van der Waals surface area contributed by atoms with Gasteiger partial charge in [0.25, 0.3) is 0 Å². The summed E-state index contributed by atoms with van der Waals surface area (Å²) in [6.07, 6.45) is 3.13. The Bertz CT molecular complexity index is 607. The molecule has 0 saturated carbocycles. The summed E-state index contributed by atoms with van der Waals surface area (Å²) < 4.78 is 5.46. The maximum Gasteiger partial charge on any atom is 0.234 e. The number of furan rings is 1. The lowest BCUT2D eigenvalue weighted by molar-refractivity contribution is -0.117. The van der Waals surface area contributed by atoms with E-state index in [1.807, 2.05) is 26.0 Å². The van der Waals surface area contributed by atoms with Gasteiger partial charge >= 0.3 is 0 Å². The number of hydrogen-bond acceptors (Lipinski definition) is 3. The number of aromatic nitrogens is 1. The van der Waals surface area contributed by atoms with E-state index in [-0.39, 0.29) is 11.8 Å². The number of hydrogen-bond donors (Lipinski definition) is 1. The first kappa shape index (κ1) is 13.6. The Labute approximate surface area is 116 Å². The molecule has 0 aliphatic rings. The Morgan fingerprint density at radius 1 is 1.37 bits per heavy atom. The van der Waals surface area contributed by atoms with Gasteiger partial charge in [-0.1, -0.05) is 11.6 Å². The Morgan fingerprint density at radius 3 is 2.74 bits per heavy atom. The average Bonchev–Trinajstić information content (AvgIpc) is 2.80. The quantitative estimate of drug-likeness (QED) is 0.931. The number of nitrogens with zero attached hydrogens (tertiary/aromatic N) is 1. The molecule has 2 aromatic heterocycles. The van der Waals surface area contributed by atoms with Crippen LogP contribution in [0.3, 0.4) is 0 Å². The van der Waals surface area contributed by atoms with Gasteiger partial charge in [0.2, 0.25) is 5.91 Å². The second-order valence-corrected chi connectivity index (χ2v) is 4.86. The summed E-state index contributed by atoms with van der Waals surface area (Å²) in [5.41, 5.74) is 1.42. The van der Waals surface area contributed by atoms with Crippen molar-refractivity contribution >= 4 is 23.2 Å². The van der Waals surface area contributed by atoms with Crippen LogP contribution >= 0.6 is 11.6 Å². The van der Waals surface area contributed by atoms with Gasteiger partial charge in [-0.15, -0.1) is 0 Å². The van der Waals surface area contributed by atoms with Crippen molar-refractivity contribution in [2.24, 2.45) is 0 Å². The molecule has 0 radical (unpaired) electrons. The van der Waals surface area contributed by atoms with Gasteiger partial charge in [-0.2, -0.15) is 0 Å². The Balaban J connectivity index is 2.15. The van der Waals surface area contributed by atoms with Crippen LogP contribution in [0.25, 0.3) is 0 Å². The van der Waals surface area contributed by atoms with E-state index in [1.54, 1.807) is 19.3 Å². The molecule has 5 heteroatoms. The van der Waals surface area contributed by atoms with Crippen LogP contribution in [-0.4, -0.2) is 10.9 Å². The minimum absolute atomic E-state index is 0.151. The average molecular weight is 279 g/mol. The molecule has 1 unspecified atom stereocenters. The maximum atomic E-state index is 12.1. The molecule has 2 aromatic rings. The number of aryl methyl sites for hydroxylation is 1. The van der Waals surface area contributed by atoms with E-state index in [1.165, 1.54) is 0 Å². The summed E-state index contributed by atoms with van der Waals surface area (Å²) in [5, 5.41) is 3.34. The first-order chi connectivity index (χ1) is 8.99. The van der Waals surface area contributed by atoms with Crippen LogP contribution < -0.4 is 5.32 Å². The van der Waals surface area contributed by atoms with Crippen LogP contribution in [0.2, 0.25) is 5.02 Å². The van der Waals surface area contributed by atoms with E-state index >= 15 is 0 Å². The van der Waals surface area contributed by atoms with E-state index in [0.29, 0.717) is 16.5 Å². The molecule has 0 aliphatic carbocycles. The van der Waals surface area contributed by atoms with Crippen molar-refractivity contribution in [3.05, 3.63) is 46.6 Å². The molecule has 1 amide bonds. The van der Waals surface area contributed by atoms with Crippen molar-refractivity contribution in [2.75, 3.05) is 5.32 Å². The smallest absolute Gasteiger partial charge is 0.234 e. The molecule has 100 valence electrons. The summed E-state index contributed by atoms with van der Waals surface area (Å²) in [6.45, 7) is 5.47. The topological polar surface area (TPSA) is 55.1 Å². The van der Waals surface area contributed by atoms with Gasteiger partial charge in [-0.25, -0.2) is 0 Å². The van der Waals surface area contributed by atoms with Gasteiger partial charge in [-0.05, 0) is 38.5 Å². The first-order valence-corrected chi connectivity index (χ1v) is 6.34. The van der Waals surface area contributed by atoms with Gasteiger partial charge in [0, 0.05) is 6.20 Å². The molecule has 1 atom stereocenters. The third-order valence-electron chi connectivity index (χ3n) is 2.99. The summed E-state index contributed by atoms with van der Waals surface area (Å²) in [7, 11) is 0. The number of rotatable bonds is 3. The Morgan fingerprint density at radius 2 is 2.11 bits per heavy atom. The fourth-order valence-electron chi connectivity index (χ4n) is 1.68.